The smallest absolute Gasteiger partial charge is 0.166 e. The van der Waals surface area contributed by atoms with Crippen molar-refractivity contribution in [3.05, 3.63) is 52.6 Å². The van der Waals surface area contributed by atoms with E-state index < -0.39 is 29.2 Å². The number of nitrogens with zero attached hydrogens (tertiary/aromatic N) is 2. The van der Waals surface area contributed by atoms with Crippen LogP contribution in [0.4, 0.5) is 37.7 Å². The number of hydrogen-bond donors (Lipinski definition) is 0. The maximum atomic E-state index is 12.9. The van der Waals surface area contributed by atoms with Gasteiger partial charge in [0.1, 0.15) is 0 Å². The molecule has 2 nitrogen and oxygen atoms in total. The molecule has 0 unspecified atom stereocenters. The van der Waals surface area contributed by atoms with Crippen LogP contribution in [0.5, 0.6) is 0 Å². The van der Waals surface area contributed by atoms with Crippen molar-refractivity contribution < 1.29 is 26.3 Å². The van der Waals surface area contributed by atoms with Gasteiger partial charge in [-0.3, -0.25) is 0 Å². The predicted molar refractivity (Wildman–Crippen MR) is 88.3 cm³/mol. The fraction of sp³-hybridized carbons (Fsp3) is 0.294. The first kappa shape index (κ1) is 20.3. The van der Waals surface area contributed by atoms with Gasteiger partial charge in [0.2, 0.25) is 0 Å². The third-order valence-electron chi connectivity index (χ3n) is 3.45. The first-order valence-corrected chi connectivity index (χ1v) is 8.50. The second-order valence-electron chi connectivity index (χ2n) is 5.60. The number of rotatable bonds is 3. The topological polar surface area (TPSA) is 24.7 Å². The summed E-state index contributed by atoms with van der Waals surface area (Å²) in [5.74, 6) is 0. The van der Waals surface area contributed by atoms with Gasteiger partial charge >= 0.3 is 12.4 Å². The van der Waals surface area contributed by atoms with Crippen molar-refractivity contribution in [3.8, 4) is 0 Å². The zero-order valence-electron chi connectivity index (χ0n) is 14.0. The van der Waals surface area contributed by atoms with Crippen molar-refractivity contribution in [3.63, 3.8) is 0 Å². The van der Waals surface area contributed by atoms with Crippen LogP contribution in [0.1, 0.15) is 22.3 Å². The molecule has 0 aliphatic heterocycles. The highest BCUT2D eigenvalue weighted by atomic mass is 32.2. The van der Waals surface area contributed by atoms with Crippen molar-refractivity contribution in [2.75, 3.05) is 6.26 Å². The molecule has 0 atom stereocenters. The van der Waals surface area contributed by atoms with Crippen LogP contribution in [0, 0.1) is 13.8 Å². The van der Waals surface area contributed by atoms with Crippen molar-refractivity contribution >= 4 is 23.1 Å². The Morgan fingerprint density at radius 1 is 0.769 bits per heavy atom. The van der Waals surface area contributed by atoms with Gasteiger partial charge in [-0.15, -0.1) is 16.9 Å². The standard InChI is InChI=1S/C17H14F6N2S/c1-9-4-10(2)15(26-3)14(5-9)25-24-13-7-11(16(18,19)20)6-12(8-13)17(21,22)23/h4-8H,1-3H3. The number of thioether (sulfide) groups is 1. The molecule has 0 fully saturated rings. The Kier molecular flexibility index (Phi) is 5.70. The zero-order valence-corrected chi connectivity index (χ0v) is 14.8. The lowest BCUT2D eigenvalue weighted by molar-refractivity contribution is -0.143. The van der Waals surface area contributed by atoms with Crippen molar-refractivity contribution in [1.82, 2.24) is 0 Å². The molecule has 2 rings (SSSR count). The highest BCUT2D eigenvalue weighted by molar-refractivity contribution is 7.98. The van der Waals surface area contributed by atoms with E-state index in [9.17, 15) is 26.3 Å². The van der Waals surface area contributed by atoms with Crippen molar-refractivity contribution in [2.45, 2.75) is 31.1 Å². The maximum Gasteiger partial charge on any atom is 0.416 e. The first-order valence-electron chi connectivity index (χ1n) is 7.28. The average Bonchev–Trinajstić information content (AvgIpc) is 2.50. The monoisotopic (exact) mass is 392 g/mol. The summed E-state index contributed by atoms with van der Waals surface area (Å²) in [7, 11) is 0. The lowest BCUT2D eigenvalue weighted by Crippen LogP contribution is -2.10. The van der Waals surface area contributed by atoms with Crippen LogP contribution in [0.2, 0.25) is 0 Å². The van der Waals surface area contributed by atoms with Crippen molar-refractivity contribution in [2.24, 2.45) is 10.2 Å². The van der Waals surface area contributed by atoms with E-state index in [1.54, 1.807) is 12.3 Å². The van der Waals surface area contributed by atoms with Gasteiger partial charge in [0, 0.05) is 4.90 Å². The van der Waals surface area contributed by atoms with Crippen LogP contribution in [0.15, 0.2) is 45.5 Å². The number of azo groups is 1. The third kappa shape index (κ3) is 4.78. The van der Waals surface area contributed by atoms with E-state index in [0.29, 0.717) is 17.8 Å². The summed E-state index contributed by atoms with van der Waals surface area (Å²) in [6.07, 6.45) is -8.05. The largest absolute Gasteiger partial charge is 0.416 e. The molecule has 0 radical (unpaired) electrons. The number of benzene rings is 2. The van der Waals surface area contributed by atoms with Crippen LogP contribution in [-0.4, -0.2) is 6.26 Å². The van der Waals surface area contributed by atoms with E-state index in [-0.39, 0.29) is 6.07 Å². The number of halogens is 6. The first-order chi connectivity index (χ1) is 11.9. The summed E-state index contributed by atoms with van der Waals surface area (Å²) < 4.78 is 77.3. The van der Waals surface area contributed by atoms with Gasteiger partial charge in [0.25, 0.3) is 0 Å². The Labute approximate surface area is 150 Å². The molecule has 26 heavy (non-hydrogen) atoms. The highest BCUT2D eigenvalue weighted by Gasteiger charge is 2.37. The molecular weight excluding hydrogens is 378 g/mol. The molecule has 9 heteroatoms. The molecule has 0 spiro atoms. The Morgan fingerprint density at radius 3 is 1.77 bits per heavy atom. The fourth-order valence-corrected chi connectivity index (χ4v) is 3.07. The summed E-state index contributed by atoms with van der Waals surface area (Å²) in [5.41, 5.74) is -1.22. The van der Waals surface area contributed by atoms with Gasteiger partial charge in [-0.05, 0) is 55.5 Å². The van der Waals surface area contributed by atoms with Crippen LogP contribution in [0.25, 0.3) is 0 Å². The molecule has 0 aliphatic carbocycles. The van der Waals surface area contributed by atoms with Crippen LogP contribution >= 0.6 is 11.8 Å². The van der Waals surface area contributed by atoms with Crippen LogP contribution in [0.3, 0.4) is 0 Å². The zero-order chi connectivity index (χ0) is 19.7. The van der Waals surface area contributed by atoms with E-state index >= 15 is 0 Å². The number of alkyl halides is 6. The molecular formula is C17H14F6N2S. The summed E-state index contributed by atoms with van der Waals surface area (Å²) >= 11 is 1.37. The Bertz CT molecular complexity index is 808. The Balaban J connectivity index is 2.54. The molecule has 0 amide bonds. The minimum atomic E-state index is -4.92. The van der Waals surface area contributed by atoms with Gasteiger partial charge in [-0.2, -0.15) is 31.5 Å². The maximum absolute atomic E-state index is 12.9. The summed E-state index contributed by atoms with van der Waals surface area (Å²) in [5, 5.41) is 7.51. The lowest BCUT2D eigenvalue weighted by Gasteiger charge is -2.12. The van der Waals surface area contributed by atoms with E-state index in [4.69, 9.17) is 0 Å². The lowest BCUT2D eigenvalue weighted by atomic mass is 10.1. The van der Waals surface area contributed by atoms with E-state index in [2.05, 4.69) is 10.2 Å². The summed E-state index contributed by atoms with van der Waals surface area (Å²) in [6, 6.07) is 4.71. The van der Waals surface area contributed by atoms with E-state index in [1.165, 1.54) is 11.8 Å². The van der Waals surface area contributed by atoms with Gasteiger partial charge < -0.3 is 0 Å². The van der Waals surface area contributed by atoms with Gasteiger partial charge in [0.05, 0.1) is 22.5 Å². The fourth-order valence-electron chi connectivity index (χ4n) is 2.38. The minimum Gasteiger partial charge on any atom is -0.166 e. The Hall–Kier alpha value is -2.03. The predicted octanol–water partition coefficient (Wildman–Crippen LogP) is 7.48. The number of hydrogen-bond acceptors (Lipinski definition) is 3. The van der Waals surface area contributed by atoms with E-state index in [1.807, 2.05) is 19.9 Å². The average molecular weight is 392 g/mol. The van der Waals surface area contributed by atoms with E-state index in [0.717, 1.165) is 16.0 Å². The Morgan fingerprint density at radius 2 is 1.31 bits per heavy atom. The minimum absolute atomic E-state index is 0.0587. The third-order valence-corrected chi connectivity index (χ3v) is 4.39. The quantitative estimate of drug-likeness (QED) is 0.302. The second-order valence-corrected chi connectivity index (χ2v) is 6.41. The molecule has 140 valence electrons. The normalized spacial score (nSPS) is 12.8. The molecule has 0 saturated carbocycles. The van der Waals surface area contributed by atoms with Gasteiger partial charge in [0.15, 0.2) is 0 Å². The van der Waals surface area contributed by atoms with Gasteiger partial charge in [-0.25, -0.2) is 0 Å². The molecule has 0 heterocycles. The molecule has 2 aromatic carbocycles. The molecule has 0 aromatic heterocycles. The second kappa shape index (κ2) is 7.30. The molecule has 2 aromatic rings. The number of aryl methyl sites for hydroxylation is 2. The highest BCUT2D eigenvalue weighted by Crippen LogP contribution is 2.39. The molecule has 0 saturated heterocycles. The molecule has 0 N–H and O–H groups in total. The molecule has 0 aliphatic rings. The summed E-state index contributed by atoms with van der Waals surface area (Å²) in [6.45, 7) is 3.64. The van der Waals surface area contributed by atoms with Gasteiger partial charge in [-0.1, -0.05) is 6.07 Å². The van der Waals surface area contributed by atoms with Crippen LogP contribution < -0.4 is 0 Å². The molecule has 0 bridgehead atoms. The summed E-state index contributed by atoms with van der Waals surface area (Å²) in [4.78, 5) is 0.752. The van der Waals surface area contributed by atoms with Crippen molar-refractivity contribution in [1.29, 1.82) is 0 Å². The SMILES string of the molecule is CSc1c(C)cc(C)cc1N=Nc1cc(C(F)(F)F)cc(C(F)(F)F)c1. The van der Waals surface area contributed by atoms with Crippen LogP contribution in [-0.2, 0) is 12.4 Å².